The van der Waals surface area contributed by atoms with Gasteiger partial charge in [-0.15, -0.1) is 0 Å². The van der Waals surface area contributed by atoms with E-state index in [2.05, 4.69) is 16.8 Å². The molecule has 1 heterocycles. The van der Waals surface area contributed by atoms with Crippen LogP contribution in [0.1, 0.15) is 37.7 Å². The molecule has 1 aliphatic rings. The molecule has 0 unspecified atom stereocenters. The fourth-order valence-electron chi connectivity index (χ4n) is 1.96. The van der Waals surface area contributed by atoms with Crippen LogP contribution in [0.3, 0.4) is 0 Å². The number of hydrogen-bond donors (Lipinski definition) is 0. The van der Waals surface area contributed by atoms with Gasteiger partial charge >= 0.3 is 0 Å². The van der Waals surface area contributed by atoms with E-state index in [1.807, 2.05) is 6.08 Å². The smallest absolute Gasteiger partial charge is 0.155 e. The van der Waals surface area contributed by atoms with Gasteiger partial charge in [0, 0.05) is 6.42 Å². The molecule has 1 aromatic heterocycles. The van der Waals surface area contributed by atoms with Crippen molar-refractivity contribution in [3.63, 3.8) is 0 Å². The molecule has 0 amide bonds. The summed E-state index contributed by atoms with van der Waals surface area (Å²) in [6.07, 6.45) is 8.15. The van der Waals surface area contributed by atoms with Gasteiger partial charge in [0.25, 0.3) is 0 Å². The monoisotopic (exact) mass is 220 g/mol. The molecule has 15 heavy (non-hydrogen) atoms. The zero-order valence-electron chi connectivity index (χ0n) is 8.87. The number of allylic oxidation sites excluding steroid dienone is 2. The predicted molar refractivity (Wildman–Crippen MR) is 64.2 cm³/mol. The fraction of sp³-hybridized carbons (Fsp3) is 0.462. The van der Waals surface area contributed by atoms with Crippen molar-refractivity contribution in [2.45, 2.75) is 38.5 Å². The fourth-order valence-corrected chi connectivity index (χ4v) is 2.66. The van der Waals surface area contributed by atoms with Crippen LogP contribution in [0.5, 0.6) is 0 Å². The molecule has 0 aromatic carbocycles. The number of aryl methyl sites for hydroxylation is 1. The van der Waals surface area contributed by atoms with Crippen molar-refractivity contribution in [1.29, 1.82) is 0 Å². The molecule has 0 aliphatic heterocycles. The Hall–Kier alpha value is -0.890. The van der Waals surface area contributed by atoms with Crippen molar-refractivity contribution < 1.29 is 4.79 Å². The first-order valence-electron chi connectivity index (χ1n) is 5.58. The summed E-state index contributed by atoms with van der Waals surface area (Å²) >= 11 is 1.74. The maximum atomic E-state index is 11.4. The second-order valence-corrected chi connectivity index (χ2v) is 4.89. The van der Waals surface area contributed by atoms with Crippen LogP contribution in [-0.2, 0) is 11.2 Å². The molecule has 0 N–H and O–H groups in total. The van der Waals surface area contributed by atoms with Gasteiger partial charge in [-0.05, 0) is 60.6 Å². The largest absolute Gasteiger partial charge is 0.295 e. The molecule has 0 fully saturated rings. The van der Waals surface area contributed by atoms with Gasteiger partial charge in [-0.25, -0.2) is 0 Å². The Bertz CT molecular complexity index is 349. The molecule has 1 aliphatic carbocycles. The van der Waals surface area contributed by atoms with E-state index in [0.29, 0.717) is 5.78 Å². The van der Waals surface area contributed by atoms with Gasteiger partial charge in [-0.2, -0.15) is 11.3 Å². The SMILES string of the molecule is O=C1C=C(CCc2ccsc2)CCCC1. The average molecular weight is 220 g/mol. The first-order chi connectivity index (χ1) is 7.34. The van der Waals surface area contributed by atoms with E-state index in [0.717, 1.165) is 32.1 Å². The minimum Gasteiger partial charge on any atom is -0.295 e. The summed E-state index contributed by atoms with van der Waals surface area (Å²) < 4.78 is 0. The van der Waals surface area contributed by atoms with Gasteiger partial charge in [0.2, 0.25) is 0 Å². The highest BCUT2D eigenvalue weighted by molar-refractivity contribution is 7.07. The molecular formula is C13H16OS. The summed E-state index contributed by atoms with van der Waals surface area (Å²) in [5, 5.41) is 4.31. The van der Waals surface area contributed by atoms with Crippen LogP contribution in [0.25, 0.3) is 0 Å². The van der Waals surface area contributed by atoms with Crippen LogP contribution in [0.2, 0.25) is 0 Å². The molecule has 0 radical (unpaired) electrons. The number of hydrogen-bond acceptors (Lipinski definition) is 2. The molecule has 0 bridgehead atoms. The zero-order chi connectivity index (χ0) is 10.5. The van der Waals surface area contributed by atoms with Crippen LogP contribution >= 0.6 is 11.3 Å². The predicted octanol–water partition coefficient (Wildman–Crippen LogP) is 3.75. The first kappa shape index (κ1) is 10.6. The number of carbonyl (C=O) groups is 1. The van der Waals surface area contributed by atoms with Crippen molar-refractivity contribution in [1.82, 2.24) is 0 Å². The van der Waals surface area contributed by atoms with E-state index in [9.17, 15) is 4.79 Å². The minimum atomic E-state index is 0.327. The lowest BCUT2D eigenvalue weighted by atomic mass is 10.0. The quantitative estimate of drug-likeness (QED) is 0.758. The summed E-state index contributed by atoms with van der Waals surface area (Å²) in [7, 11) is 0. The Morgan fingerprint density at radius 3 is 2.87 bits per heavy atom. The van der Waals surface area contributed by atoms with Gasteiger partial charge in [0.15, 0.2) is 5.78 Å². The minimum absolute atomic E-state index is 0.327. The second kappa shape index (κ2) is 5.26. The highest BCUT2D eigenvalue weighted by Gasteiger charge is 2.08. The summed E-state index contributed by atoms with van der Waals surface area (Å²) in [6, 6.07) is 2.17. The normalized spacial score (nSPS) is 17.3. The second-order valence-electron chi connectivity index (χ2n) is 4.11. The number of ketones is 1. The van der Waals surface area contributed by atoms with Crippen LogP contribution in [-0.4, -0.2) is 5.78 Å². The van der Waals surface area contributed by atoms with Gasteiger partial charge in [0.05, 0.1) is 0 Å². The molecule has 0 saturated heterocycles. The summed E-state index contributed by atoms with van der Waals surface area (Å²) in [4.78, 5) is 11.4. The van der Waals surface area contributed by atoms with Crippen molar-refractivity contribution in [3.8, 4) is 0 Å². The molecule has 0 saturated carbocycles. The Morgan fingerprint density at radius 1 is 1.20 bits per heavy atom. The van der Waals surface area contributed by atoms with Gasteiger partial charge in [-0.1, -0.05) is 5.57 Å². The molecule has 1 nitrogen and oxygen atoms in total. The van der Waals surface area contributed by atoms with Crippen LogP contribution in [0.4, 0.5) is 0 Å². The van der Waals surface area contributed by atoms with Crippen LogP contribution in [0, 0.1) is 0 Å². The summed E-state index contributed by atoms with van der Waals surface area (Å²) in [6.45, 7) is 0. The molecule has 0 spiro atoms. The molecule has 80 valence electrons. The van der Waals surface area contributed by atoms with Crippen LogP contribution in [0.15, 0.2) is 28.5 Å². The first-order valence-corrected chi connectivity index (χ1v) is 6.52. The van der Waals surface area contributed by atoms with E-state index >= 15 is 0 Å². The third-order valence-electron chi connectivity index (χ3n) is 2.85. The third-order valence-corrected chi connectivity index (χ3v) is 3.58. The number of rotatable bonds is 3. The Morgan fingerprint density at radius 2 is 2.07 bits per heavy atom. The summed E-state index contributed by atoms with van der Waals surface area (Å²) in [5.74, 6) is 0.327. The maximum absolute atomic E-state index is 11.4. The number of thiophene rings is 1. The van der Waals surface area contributed by atoms with Gasteiger partial charge in [-0.3, -0.25) is 4.79 Å². The maximum Gasteiger partial charge on any atom is 0.155 e. The summed E-state index contributed by atoms with van der Waals surface area (Å²) in [5.41, 5.74) is 2.75. The topological polar surface area (TPSA) is 17.1 Å². The standard InChI is InChI=1S/C13H16OS/c14-13-4-2-1-3-11(9-13)5-6-12-7-8-15-10-12/h7-10H,1-6H2. The lowest BCUT2D eigenvalue weighted by Gasteiger charge is -2.03. The van der Waals surface area contributed by atoms with Crippen molar-refractivity contribution in [2.75, 3.05) is 0 Å². The van der Waals surface area contributed by atoms with E-state index in [-0.39, 0.29) is 0 Å². The Balaban J connectivity index is 1.90. The Labute approximate surface area is 94.8 Å². The molecule has 1 aromatic rings. The lowest BCUT2D eigenvalue weighted by molar-refractivity contribution is -0.114. The van der Waals surface area contributed by atoms with Crippen molar-refractivity contribution >= 4 is 17.1 Å². The molecule has 2 rings (SSSR count). The van der Waals surface area contributed by atoms with E-state index in [1.54, 1.807) is 11.3 Å². The number of carbonyl (C=O) groups excluding carboxylic acids is 1. The highest BCUT2D eigenvalue weighted by atomic mass is 32.1. The van der Waals surface area contributed by atoms with E-state index in [1.165, 1.54) is 17.6 Å². The molecular weight excluding hydrogens is 204 g/mol. The zero-order valence-corrected chi connectivity index (χ0v) is 9.69. The average Bonchev–Trinajstić information content (AvgIpc) is 2.65. The lowest BCUT2D eigenvalue weighted by Crippen LogP contribution is -1.92. The highest BCUT2D eigenvalue weighted by Crippen LogP contribution is 2.20. The van der Waals surface area contributed by atoms with Crippen molar-refractivity contribution in [2.24, 2.45) is 0 Å². The van der Waals surface area contributed by atoms with Crippen LogP contribution < -0.4 is 0 Å². The van der Waals surface area contributed by atoms with E-state index in [4.69, 9.17) is 0 Å². The van der Waals surface area contributed by atoms with E-state index < -0.39 is 0 Å². The van der Waals surface area contributed by atoms with Crippen molar-refractivity contribution in [3.05, 3.63) is 34.0 Å². The molecule has 2 heteroatoms. The van der Waals surface area contributed by atoms with Gasteiger partial charge < -0.3 is 0 Å². The Kier molecular flexibility index (Phi) is 3.73. The third kappa shape index (κ3) is 3.31. The molecule has 0 atom stereocenters. The van der Waals surface area contributed by atoms with Gasteiger partial charge in [0.1, 0.15) is 0 Å².